The molecule has 0 aromatic heterocycles. The van der Waals surface area contributed by atoms with E-state index in [1.807, 2.05) is 36.4 Å². The molecule has 1 aromatic rings. The molecule has 4 heteroatoms. The van der Waals surface area contributed by atoms with Gasteiger partial charge >= 0.3 is 0 Å². The van der Waals surface area contributed by atoms with E-state index >= 15 is 0 Å². The summed E-state index contributed by atoms with van der Waals surface area (Å²) in [5.41, 5.74) is 3.71. The van der Waals surface area contributed by atoms with Gasteiger partial charge in [0.05, 0.1) is 0 Å². The zero-order chi connectivity index (χ0) is 13.2. The Bertz CT molecular complexity index is 425. The molecular formula is C14H18N2O2. The number of allylic oxidation sites excluding steroid dienone is 2. The Balaban J connectivity index is 2.70. The standard InChI is InChI=1S/C14H18N2O2/c15-16-14(18)13(10-5-11-17)9-4-8-12-6-2-1-3-7-12/h1-4,6-9,17H,5,10-11,15H2,(H,16,18)/b8-4+,13-9-. The number of amides is 1. The van der Waals surface area contributed by atoms with Gasteiger partial charge in [0.15, 0.2) is 0 Å². The number of hydrazine groups is 1. The summed E-state index contributed by atoms with van der Waals surface area (Å²) in [6.07, 6.45) is 6.46. The van der Waals surface area contributed by atoms with E-state index in [0.29, 0.717) is 18.4 Å². The molecule has 0 bridgehead atoms. The van der Waals surface area contributed by atoms with Gasteiger partial charge in [0, 0.05) is 12.2 Å². The van der Waals surface area contributed by atoms with Crippen molar-refractivity contribution < 1.29 is 9.90 Å². The number of aliphatic hydroxyl groups is 1. The number of hydrogen-bond donors (Lipinski definition) is 3. The molecule has 0 aliphatic carbocycles. The maximum Gasteiger partial charge on any atom is 0.261 e. The Hall–Kier alpha value is -1.91. The third kappa shape index (κ3) is 4.95. The average Bonchev–Trinajstić information content (AvgIpc) is 2.43. The summed E-state index contributed by atoms with van der Waals surface area (Å²) >= 11 is 0. The van der Waals surface area contributed by atoms with Crippen molar-refractivity contribution in [2.24, 2.45) is 5.84 Å². The Morgan fingerprint density at radius 2 is 2.06 bits per heavy atom. The highest BCUT2D eigenvalue weighted by molar-refractivity contribution is 5.93. The summed E-state index contributed by atoms with van der Waals surface area (Å²) in [5.74, 6) is 4.78. The summed E-state index contributed by atoms with van der Waals surface area (Å²) in [4.78, 5) is 11.4. The first-order chi connectivity index (χ1) is 8.77. The number of hydrogen-bond acceptors (Lipinski definition) is 3. The molecule has 1 aromatic carbocycles. The summed E-state index contributed by atoms with van der Waals surface area (Å²) in [7, 11) is 0. The van der Waals surface area contributed by atoms with Crippen LogP contribution in [0.1, 0.15) is 18.4 Å². The normalized spacial score (nSPS) is 11.8. The van der Waals surface area contributed by atoms with Crippen LogP contribution in [0, 0.1) is 0 Å². The van der Waals surface area contributed by atoms with Crippen molar-refractivity contribution in [2.45, 2.75) is 12.8 Å². The predicted molar refractivity (Wildman–Crippen MR) is 72.2 cm³/mol. The van der Waals surface area contributed by atoms with Crippen molar-refractivity contribution in [2.75, 3.05) is 6.61 Å². The molecule has 1 amide bonds. The molecule has 0 spiro atoms. The van der Waals surface area contributed by atoms with E-state index in [1.165, 1.54) is 0 Å². The lowest BCUT2D eigenvalue weighted by atomic mass is 10.1. The fraction of sp³-hybridized carbons (Fsp3) is 0.214. The average molecular weight is 246 g/mol. The van der Waals surface area contributed by atoms with Gasteiger partial charge in [0.2, 0.25) is 0 Å². The minimum atomic E-state index is -0.318. The van der Waals surface area contributed by atoms with Gasteiger partial charge in [-0.1, -0.05) is 48.6 Å². The molecule has 18 heavy (non-hydrogen) atoms. The number of rotatable bonds is 6. The molecule has 0 saturated heterocycles. The van der Waals surface area contributed by atoms with E-state index in [0.717, 1.165) is 5.56 Å². The van der Waals surface area contributed by atoms with Crippen LogP contribution in [0.3, 0.4) is 0 Å². The van der Waals surface area contributed by atoms with Crippen LogP contribution in [-0.2, 0) is 4.79 Å². The number of nitrogens with two attached hydrogens (primary N) is 1. The van der Waals surface area contributed by atoms with E-state index in [2.05, 4.69) is 5.43 Å². The van der Waals surface area contributed by atoms with Crippen molar-refractivity contribution in [3.8, 4) is 0 Å². The van der Waals surface area contributed by atoms with Crippen LogP contribution in [0.25, 0.3) is 6.08 Å². The van der Waals surface area contributed by atoms with Crippen LogP contribution in [0.2, 0.25) is 0 Å². The zero-order valence-electron chi connectivity index (χ0n) is 10.2. The van der Waals surface area contributed by atoms with Crippen molar-refractivity contribution in [3.05, 3.63) is 53.6 Å². The van der Waals surface area contributed by atoms with E-state index in [1.54, 1.807) is 12.2 Å². The summed E-state index contributed by atoms with van der Waals surface area (Å²) in [6, 6.07) is 9.79. The highest BCUT2D eigenvalue weighted by atomic mass is 16.3. The van der Waals surface area contributed by atoms with Crippen molar-refractivity contribution in [1.82, 2.24) is 5.43 Å². The smallest absolute Gasteiger partial charge is 0.261 e. The van der Waals surface area contributed by atoms with E-state index < -0.39 is 0 Å². The summed E-state index contributed by atoms with van der Waals surface area (Å²) < 4.78 is 0. The Kier molecular flexibility index (Phi) is 6.46. The number of carbonyl (C=O) groups is 1. The van der Waals surface area contributed by atoms with Crippen molar-refractivity contribution in [3.63, 3.8) is 0 Å². The lowest BCUT2D eigenvalue weighted by Crippen LogP contribution is -2.31. The second-order valence-electron chi connectivity index (χ2n) is 3.76. The monoisotopic (exact) mass is 246 g/mol. The number of benzene rings is 1. The van der Waals surface area contributed by atoms with Crippen molar-refractivity contribution in [1.29, 1.82) is 0 Å². The molecule has 1 rings (SSSR count). The minimum absolute atomic E-state index is 0.0532. The Morgan fingerprint density at radius 1 is 1.33 bits per heavy atom. The topological polar surface area (TPSA) is 75.3 Å². The SMILES string of the molecule is NNC(=O)/C(=C\C=C\c1ccccc1)CCCO. The van der Waals surface area contributed by atoms with Crippen molar-refractivity contribution >= 4 is 12.0 Å². The van der Waals surface area contributed by atoms with Gasteiger partial charge in [-0.05, 0) is 18.4 Å². The van der Waals surface area contributed by atoms with Gasteiger partial charge in [-0.3, -0.25) is 10.2 Å². The molecule has 0 aliphatic heterocycles. The fourth-order valence-electron chi connectivity index (χ4n) is 1.47. The number of aliphatic hydroxyl groups excluding tert-OH is 1. The fourth-order valence-corrected chi connectivity index (χ4v) is 1.47. The number of nitrogens with one attached hydrogen (secondary N) is 1. The second kappa shape index (κ2) is 8.22. The largest absolute Gasteiger partial charge is 0.396 e. The van der Waals surface area contributed by atoms with Gasteiger partial charge in [-0.2, -0.15) is 0 Å². The van der Waals surface area contributed by atoms with Gasteiger partial charge in [-0.15, -0.1) is 0 Å². The predicted octanol–water partition coefficient (Wildman–Crippen LogP) is 1.39. The molecule has 0 fully saturated rings. The molecule has 0 heterocycles. The molecule has 4 N–H and O–H groups in total. The quantitative estimate of drug-likeness (QED) is 0.233. The third-order valence-electron chi connectivity index (χ3n) is 2.41. The van der Waals surface area contributed by atoms with Crippen LogP contribution in [-0.4, -0.2) is 17.6 Å². The minimum Gasteiger partial charge on any atom is -0.396 e. The third-order valence-corrected chi connectivity index (χ3v) is 2.41. The molecule has 0 unspecified atom stereocenters. The van der Waals surface area contributed by atoms with Gasteiger partial charge in [0.25, 0.3) is 5.91 Å². The second-order valence-corrected chi connectivity index (χ2v) is 3.76. The first-order valence-corrected chi connectivity index (χ1v) is 5.82. The van der Waals surface area contributed by atoms with Gasteiger partial charge in [-0.25, -0.2) is 5.84 Å². The van der Waals surface area contributed by atoms with Crippen LogP contribution >= 0.6 is 0 Å². The highest BCUT2D eigenvalue weighted by Gasteiger charge is 2.05. The lowest BCUT2D eigenvalue weighted by molar-refractivity contribution is -0.117. The zero-order valence-corrected chi connectivity index (χ0v) is 10.2. The molecule has 96 valence electrons. The highest BCUT2D eigenvalue weighted by Crippen LogP contribution is 2.07. The van der Waals surface area contributed by atoms with Crippen LogP contribution < -0.4 is 11.3 Å². The van der Waals surface area contributed by atoms with Gasteiger partial charge < -0.3 is 5.11 Å². The van der Waals surface area contributed by atoms with E-state index in [9.17, 15) is 4.79 Å². The Morgan fingerprint density at radius 3 is 2.67 bits per heavy atom. The summed E-state index contributed by atoms with van der Waals surface area (Å²) in [6.45, 7) is 0.0532. The van der Waals surface area contributed by atoms with E-state index in [-0.39, 0.29) is 12.5 Å². The van der Waals surface area contributed by atoms with Crippen LogP contribution in [0.4, 0.5) is 0 Å². The van der Waals surface area contributed by atoms with Gasteiger partial charge in [0.1, 0.15) is 0 Å². The van der Waals surface area contributed by atoms with Crippen LogP contribution in [0.5, 0.6) is 0 Å². The lowest BCUT2D eigenvalue weighted by Gasteiger charge is -2.03. The first kappa shape index (κ1) is 14.2. The Labute approximate surface area is 107 Å². The molecule has 0 saturated carbocycles. The molecule has 4 nitrogen and oxygen atoms in total. The number of carbonyl (C=O) groups excluding carboxylic acids is 1. The molecule has 0 atom stereocenters. The maximum absolute atomic E-state index is 11.4. The maximum atomic E-state index is 11.4. The molecule has 0 radical (unpaired) electrons. The molecule has 0 aliphatic rings. The van der Waals surface area contributed by atoms with E-state index in [4.69, 9.17) is 10.9 Å². The molecular weight excluding hydrogens is 228 g/mol. The van der Waals surface area contributed by atoms with Crippen LogP contribution in [0.15, 0.2) is 48.1 Å². The summed E-state index contributed by atoms with van der Waals surface area (Å²) in [5, 5.41) is 8.76. The first-order valence-electron chi connectivity index (χ1n) is 5.82.